The molecule has 2 aliphatic rings. The molecule has 0 spiro atoms. The maximum Gasteiger partial charge on any atom is 0.348 e. The number of thiophene rings is 1. The maximum absolute atomic E-state index is 13.3. The summed E-state index contributed by atoms with van der Waals surface area (Å²) in [6, 6.07) is 1.90. The van der Waals surface area contributed by atoms with E-state index in [1.54, 1.807) is 4.90 Å². The van der Waals surface area contributed by atoms with E-state index in [4.69, 9.17) is 0 Å². The van der Waals surface area contributed by atoms with Crippen molar-refractivity contribution >= 4 is 34.5 Å². The molecular formula is C22H31NO3S. The van der Waals surface area contributed by atoms with Crippen LogP contribution in [0.3, 0.4) is 0 Å². The molecule has 0 atom stereocenters. The molecule has 0 aliphatic heterocycles. The summed E-state index contributed by atoms with van der Waals surface area (Å²) in [5.74, 6) is -0.139. The predicted molar refractivity (Wildman–Crippen MR) is 111 cm³/mol. The van der Waals surface area contributed by atoms with Crippen LogP contribution in [0.25, 0.3) is 5.57 Å². The van der Waals surface area contributed by atoms with Crippen molar-refractivity contribution in [1.29, 1.82) is 0 Å². The van der Waals surface area contributed by atoms with E-state index >= 15 is 0 Å². The Hall–Kier alpha value is -1.62. The van der Waals surface area contributed by atoms with E-state index in [-0.39, 0.29) is 17.9 Å². The van der Waals surface area contributed by atoms with Gasteiger partial charge >= 0.3 is 5.97 Å². The van der Waals surface area contributed by atoms with Gasteiger partial charge in [-0.25, -0.2) is 4.79 Å². The Kier molecular flexibility index (Phi) is 6.40. The lowest BCUT2D eigenvalue weighted by Gasteiger charge is -2.33. The topological polar surface area (TPSA) is 57.6 Å². The van der Waals surface area contributed by atoms with Gasteiger partial charge in [0.1, 0.15) is 4.88 Å². The summed E-state index contributed by atoms with van der Waals surface area (Å²) in [6.45, 7) is 6.20. The Balaban J connectivity index is 1.94. The largest absolute Gasteiger partial charge is 0.477 e. The van der Waals surface area contributed by atoms with E-state index in [2.05, 4.69) is 13.0 Å². The van der Waals surface area contributed by atoms with E-state index in [0.29, 0.717) is 16.5 Å². The van der Waals surface area contributed by atoms with Crippen LogP contribution in [-0.4, -0.2) is 23.0 Å². The first-order valence-corrected chi connectivity index (χ1v) is 11.1. The highest BCUT2D eigenvalue weighted by atomic mass is 32.1. The SMILES string of the molecule is CC1CCC(C(=O)N(c2cc(C3=CCCCC3)sc2C(=O)O)C(C)C)CC1. The first-order valence-electron chi connectivity index (χ1n) is 10.3. The Bertz CT molecular complexity index is 726. The standard InChI is InChI=1S/C22H31NO3S/c1-14(2)23(21(24)17-11-9-15(3)10-12-17)18-13-19(27-20(18)22(25)26)16-7-5-4-6-8-16/h7,13-15,17H,4-6,8-12H2,1-3H3,(H,25,26). The molecule has 2 aliphatic carbocycles. The van der Waals surface area contributed by atoms with E-state index in [0.717, 1.165) is 49.8 Å². The van der Waals surface area contributed by atoms with E-state index in [1.165, 1.54) is 23.3 Å². The lowest BCUT2D eigenvalue weighted by atomic mass is 9.82. The highest BCUT2D eigenvalue weighted by molar-refractivity contribution is 7.15. The molecular weight excluding hydrogens is 358 g/mol. The fourth-order valence-corrected chi connectivity index (χ4v) is 5.34. The Morgan fingerprint density at radius 1 is 1.19 bits per heavy atom. The average molecular weight is 390 g/mol. The summed E-state index contributed by atoms with van der Waals surface area (Å²) in [7, 11) is 0. The molecule has 27 heavy (non-hydrogen) atoms. The van der Waals surface area contributed by atoms with Gasteiger partial charge in [0.05, 0.1) is 5.69 Å². The number of anilines is 1. The van der Waals surface area contributed by atoms with Crippen molar-refractivity contribution in [3.05, 3.63) is 21.9 Å². The van der Waals surface area contributed by atoms with Crippen LogP contribution in [0.1, 0.15) is 86.7 Å². The molecule has 1 aromatic rings. The number of allylic oxidation sites excluding steroid dienone is 2. The molecule has 0 aromatic carbocycles. The minimum Gasteiger partial charge on any atom is -0.477 e. The zero-order valence-electron chi connectivity index (χ0n) is 16.7. The monoisotopic (exact) mass is 389 g/mol. The highest BCUT2D eigenvalue weighted by Crippen LogP contribution is 2.40. The lowest BCUT2D eigenvalue weighted by molar-refractivity contribution is -0.123. The van der Waals surface area contributed by atoms with Gasteiger partial charge in [0.15, 0.2) is 0 Å². The summed E-state index contributed by atoms with van der Waals surface area (Å²) in [6.07, 6.45) is 10.6. The van der Waals surface area contributed by atoms with Crippen LogP contribution in [-0.2, 0) is 4.79 Å². The third kappa shape index (κ3) is 4.45. The minimum absolute atomic E-state index is 0.0162. The van der Waals surface area contributed by atoms with Crippen molar-refractivity contribution < 1.29 is 14.7 Å². The molecule has 3 rings (SSSR count). The van der Waals surface area contributed by atoms with Gasteiger partial charge in [-0.1, -0.05) is 13.0 Å². The van der Waals surface area contributed by atoms with Gasteiger partial charge in [-0.15, -0.1) is 11.3 Å². The van der Waals surface area contributed by atoms with Crippen LogP contribution in [0, 0.1) is 11.8 Å². The number of rotatable bonds is 5. The quantitative estimate of drug-likeness (QED) is 0.675. The second-order valence-electron chi connectivity index (χ2n) is 8.36. The van der Waals surface area contributed by atoms with Crippen molar-refractivity contribution in [3.63, 3.8) is 0 Å². The number of aromatic carboxylic acids is 1. The Morgan fingerprint density at radius 2 is 1.89 bits per heavy atom. The molecule has 0 unspecified atom stereocenters. The zero-order valence-corrected chi connectivity index (χ0v) is 17.5. The number of amides is 1. The van der Waals surface area contributed by atoms with Crippen molar-refractivity contribution in [2.24, 2.45) is 11.8 Å². The lowest BCUT2D eigenvalue weighted by Crippen LogP contribution is -2.42. The molecule has 148 valence electrons. The number of carboxylic acid groups (broad SMARTS) is 1. The second-order valence-corrected chi connectivity index (χ2v) is 9.42. The van der Waals surface area contributed by atoms with Crippen molar-refractivity contribution in [2.75, 3.05) is 4.90 Å². The van der Waals surface area contributed by atoms with Crippen LogP contribution < -0.4 is 4.90 Å². The average Bonchev–Trinajstić information content (AvgIpc) is 3.08. The first kappa shape index (κ1) is 20.1. The molecule has 1 fully saturated rings. The van der Waals surface area contributed by atoms with Crippen LogP contribution in [0.2, 0.25) is 0 Å². The van der Waals surface area contributed by atoms with Crippen LogP contribution >= 0.6 is 11.3 Å². The van der Waals surface area contributed by atoms with Gasteiger partial charge in [-0.05, 0) is 82.8 Å². The number of hydrogen-bond acceptors (Lipinski definition) is 3. The molecule has 4 nitrogen and oxygen atoms in total. The third-order valence-corrected chi connectivity index (χ3v) is 7.08. The normalized spacial score (nSPS) is 23.2. The van der Waals surface area contributed by atoms with Gasteiger partial charge in [-0.2, -0.15) is 0 Å². The van der Waals surface area contributed by atoms with Gasteiger partial charge in [0.2, 0.25) is 5.91 Å². The highest BCUT2D eigenvalue weighted by Gasteiger charge is 2.33. The van der Waals surface area contributed by atoms with Gasteiger partial charge < -0.3 is 10.0 Å². The van der Waals surface area contributed by atoms with Crippen LogP contribution in [0.4, 0.5) is 5.69 Å². The summed E-state index contributed by atoms with van der Waals surface area (Å²) < 4.78 is 0. The third-order valence-electron chi connectivity index (χ3n) is 5.89. The van der Waals surface area contributed by atoms with Crippen LogP contribution in [0.15, 0.2) is 12.1 Å². The van der Waals surface area contributed by atoms with E-state index in [1.807, 2.05) is 19.9 Å². The molecule has 5 heteroatoms. The number of hydrogen-bond donors (Lipinski definition) is 1. The number of carbonyl (C=O) groups excluding carboxylic acids is 1. The molecule has 0 saturated heterocycles. The molecule has 1 aromatic heterocycles. The molecule has 1 saturated carbocycles. The number of carbonyl (C=O) groups is 2. The minimum atomic E-state index is -0.937. The van der Waals surface area contributed by atoms with Crippen molar-refractivity contribution in [1.82, 2.24) is 0 Å². The van der Waals surface area contributed by atoms with Gasteiger partial charge in [0, 0.05) is 16.8 Å². The number of nitrogens with zero attached hydrogens (tertiary/aromatic N) is 1. The predicted octanol–water partition coefficient (Wildman–Crippen LogP) is 5.97. The summed E-state index contributed by atoms with van der Waals surface area (Å²) >= 11 is 1.32. The fraction of sp³-hybridized carbons (Fsp3) is 0.636. The first-order chi connectivity index (χ1) is 12.9. The molecule has 1 amide bonds. The smallest absolute Gasteiger partial charge is 0.348 e. The summed E-state index contributed by atoms with van der Waals surface area (Å²) in [5.41, 5.74) is 1.83. The van der Waals surface area contributed by atoms with E-state index in [9.17, 15) is 14.7 Å². The van der Waals surface area contributed by atoms with Crippen molar-refractivity contribution in [2.45, 2.75) is 78.2 Å². The summed E-state index contributed by atoms with van der Waals surface area (Å²) in [4.78, 5) is 28.3. The zero-order chi connectivity index (χ0) is 19.6. The fourth-order valence-electron chi connectivity index (χ4n) is 4.29. The molecule has 0 radical (unpaired) electrons. The van der Waals surface area contributed by atoms with Crippen molar-refractivity contribution in [3.8, 4) is 0 Å². The number of carboxylic acids is 1. The van der Waals surface area contributed by atoms with E-state index < -0.39 is 5.97 Å². The van der Waals surface area contributed by atoms with Gasteiger partial charge in [0.25, 0.3) is 0 Å². The van der Waals surface area contributed by atoms with Gasteiger partial charge in [-0.3, -0.25) is 4.79 Å². The Labute approximate surface area is 166 Å². The second kappa shape index (κ2) is 8.59. The Morgan fingerprint density at radius 3 is 2.44 bits per heavy atom. The molecule has 1 N–H and O–H groups in total. The van der Waals surface area contributed by atoms with Crippen LogP contribution in [0.5, 0.6) is 0 Å². The molecule has 1 heterocycles. The summed E-state index contributed by atoms with van der Waals surface area (Å²) in [5, 5.41) is 9.79. The maximum atomic E-state index is 13.3. The molecule has 0 bridgehead atoms.